The topological polar surface area (TPSA) is 92.4 Å². The molecule has 0 spiro atoms. The summed E-state index contributed by atoms with van der Waals surface area (Å²) in [7, 11) is 0. The molecule has 0 heterocycles. The molecule has 0 saturated heterocycles. The van der Waals surface area contributed by atoms with E-state index in [9.17, 15) is 9.59 Å². The quantitative estimate of drug-likeness (QED) is 0.539. The van der Waals surface area contributed by atoms with Gasteiger partial charge in [-0.25, -0.2) is 4.79 Å². The van der Waals surface area contributed by atoms with E-state index in [4.69, 9.17) is 10.8 Å². The van der Waals surface area contributed by atoms with Gasteiger partial charge in [0.15, 0.2) is 0 Å². The maximum atomic E-state index is 11.3. The van der Waals surface area contributed by atoms with E-state index in [0.717, 1.165) is 0 Å². The Morgan fingerprint density at radius 1 is 1.64 bits per heavy atom. The standard InChI is InChI=1S/C9H16N2O3/c1-4-5-6(10)7(12)11-9(2,3)8(13)14/h4,6H,1,5,10H2,2-3H3,(H,11,12)(H,13,14). The van der Waals surface area contributed by atoms with Gasteiger partial charge in [-0.1, -0.05) is 6.08 Å². The van der Waals surface area contributed by atoms with Gasteiger partial charge in [0.2, 0.25) is 5.91 Å². The van der Waals surface area contributed by atoms with Crippen molar-refractivity contribution < 1.29 is 14.7 Å². The predicted octanol–water partition coefficient (Wildman–Crippen LogP) is -0.131. The number of aliphatic carboxylic acids is 1. The molecule has 0 aromatic rings. The van der Waals surface area contributed by atoms with E-state index in [1.807, 2.05) is 0 Å². The van der Waals surface area contributed by atoms with Crippen LogP contribution in [0.4, 0.5) is 0 Å². The number of carbonyl (C=O) groups is 2. The van der Waals surface area contributed by atoms with Crippen LogP contribution in [0.15, 0.2) is 12.7 Å². The van der Waals surface area contributed by atoms with Crippen molar-refractivity contribution in [3.8, 4) is 0 Å². The Balaban J connectivity index is 4.31. The number of hydrogen-bond donors (Lipinski definition) is 3. The summed E-state index contributed by atoms with van der Waals surface area (Å²) in [6.45, 7) is 6.23. The third-order valence-corrected chi connectivity index (χ3v) is 1.73. The number of amides is 1. The number of nitrogens with one attached hydrogen (secondary N) is 1. The van der Waals surface area contributed by atoms with Crippen molar-refractivity contribution in [1.82, 2.24) is 5.32 Å². The Hall–Kier alpha value is -1.36. The van der Waals surface area contributed by atoms with Crippen molar-refractivity contribution in [2.24, 2.45) is 5.73 Å². The Bertz CT molecular complexity index is 248. The number of nitrogens with two attached hydrogens (primary N) is 1. The van der Waals surface area contributed by atoms with Crippen molar-refractivity contribution in [2.75, 3.05) is 0 Å². The van der Waals surface area contributed by atoms with E-state index in [2.05, 4.69) is 11.9 Å². The van der Waals surface area contributed by atoms with Crippen LogP contribution < -0.4 is 11.1 Å². The van der Waals surface area contributed by atoms with Crippen molar-refractivity contribution in [2.45, 2.75) is 31.8 Å². The molecule has 0 saturated carbocycles. The summed E-state index contributed by atoms with van der Waals surface area (Å²) >= 11 is 0. The molecule has 0 aliphatic heterocycles. The normalized spacial score (nSPS) is 13.1. The Kier molecular flexibility index (Phi) is 4.30. The van der Waals surface area contributed by atoms with Crippen LogP contribution in [0.2, 0.25) is 0 Å². The maximum Gasteiger partial charge on any atom is 0.328 e. The number of carboxylic acids is 1. The molecule has 0 radical (unpaired) electrons. The minimum atomic E-state index is -1.30. The maximum absolute atomic E-state index is 11.3. The molecular formula is C9H16N2O3. The highest BCUT2D eigenvalue weighted by atomic mass is 16.4. The zero-order valence-electron chi connectivity index (χ0n) is 8.41. The SMILES string of the molecule is C=CCC(N)C(=O)NC(C)(C)C(=O)O. The molecule has 1 atom stereocenters. The second-order valence-corrected chi connectivity index (χ2v) is 3.55. The van der Waals surface area contributed by atoms with Gasteiger partial charge in [-0.2, -0.15) is 0 Å². The largest absolute Gasteiger partial charge is 0.480 e. The van der Waals surface area contributed by atoms with Gasteiger partial charge < -0.3 is 16.2 Å². The second kappa shape index (κ2) is 4.76. The second-order valence-electron chi connectivity index (χ2n) is 3.55. The lowest BCUT2D eigenvalue weighted by molar-refractivity contribution is -0.146. The molecular weight excluding hydrogens is 184 g/mol. The van der Waals surface area contributed by atoms with Crippen LogP contribution in [-0.4, -0.2) is 28.6 Å². The Labute approximate surface area is 83.0 Å². The first kappa shape index (κ1) is 12.6. The van der Waals surface area contributed by atoms with E-state index >= 15 is 0 Å². The molecule has 0 aliphatic carbocycles. The lowest BCUT2D eigenvalue weighted by Gasteiger charge is -2.22. The molecule has 0 aromatic carbocycles. The fraction of sp³-hybridized carbons (Fsp3) is 0.556. The Morgan fingerprint density at radius 2 is 2.14 bits per heavy atom. The molecule has 0 aromatic heterocycles. The number of carboxylic acid groups (broad SMARTS) is 1. The first-order valence-electron chi connectivity index (χ1n) is 4.23. The number of hydrogen-bond acceptors (Lipinski definition) is 3. The number of carbonyl (C=O) groups excluding carboxylic acids is 1. The molecule has 5 nitrogen and oxygen atoms in total. The molecule has 0 aliphatic rings. The van der Waals surface area contributed by atoms with Gasteiger partial charge in [-0.3, -0.25) is 4.79 Å². The third-order valence-electron chi connectivity index (χ3n) is 1.73. The van der Waals surface area contributed by atoms with Gasteiger partial charge in [-0.15, -0.1) is 6.58 Å². The summed E-state index contributed by atoms with van der Waals surface area (Å²) in [6.07, 6.45) is 1.83. The summed E-state index contributed by atoms with van der Waals surface area (Å²) in [4.78, 5) is 22.0. The summed E-state index contributed by atoms with van der Waals surface area (Å²) in [5.74, 6) is -1.59. The van der Waals surface area contributed by atoms with Crippen molar-refractivity contribution in [3.63, 3.8) is 0 Å². The van der Waals surface area contributed by atoms with E-state index in [-0.39, 0.29) is 0 Å². The highest BCUT2D eigenvalue weighted by Gasteiger charge is 2.30. The highest BCUT2D eigenvalue weighted by Crippen LogP contribution is 2.02. The smallest absolute Gasteiger partial charge is 0.328 e. The number of rotatable bonds is 5. The lowest BCUT2D eigenvalue weighted by atomic mass is 10.1. The summed E-state index contributed by atoms with van der Waals surface area (Å²) in [6, 6.07) is -0.744. The van der Waals surface area contributed by atoms with Crippen LogP contribution in [-0.2, 0) is 9.59 Å². The average Bonchev–Trinajstić information content (AvgIpc) is 2.03. The fourth-order valence-electron chi connectivity index (χ4n) is 0.741. The van der Waals surface area contributed by atoms with Crippen LogP contribution in [0, 0.1) is 0 Å². The van der Waals surface area contributed by atoms with Gasteiger partial charge in [0, 0.05) is 0 Å². The molecule has 0 fully saturated rings. The minimum absolute atomic E-state index is 0.321. The Morgan fingerprint density at radius 3 is 2.50 bits per heavy atom. The van der Waals surface area contributed by atoms with Crippen molar-refractivity contribution in [1.29, 1.82) is 0 Å². The van der Waals surface area contributed by atoms with Gasteiger partial charge >= 0.3 is 5.97 Å². The zero-order valence-corrected chi connectivity index (χ0v) is 8.41. The van der Waals surface area contributed by atoms with Crippen LogP contribution in [0.3, 0.4) is 0 Å². The first-order chi connectivity index (χ1) is 6.31. The highest BCUT2D eigenvalue weighted by molar-refractivity contribution is 5.88. The van der Waals surface area contributed by atoms with E-state index in [1.54, 1.807) is 0 Å². The van der Waals surface area contributed by atoms with E-state index in [0.29, 0.717) is 6.42 Å². The van der Waals surface area contributed by atoms with Crippen LogP contribution in [0.1, 0.15) is 20.3 Å². The van der Waals surface area contributed by atoms with Crippen LogP contribution in [0.5, 0.6) is 0 Å². The predicted molar refractivity (Wildman–Crippen MR) is 52.6 cm³/mol. The van der Waals surface area contributed by atoms with Crippen LogP contribution in [0.25, 0.3) is 0 Å². The third kappa shape index (κ3) is 3.57. The van der Waals surface area contributed by atoms with E-state index in [1.165, 1.54) is 19.9 Å². The molecule has 4 N–H and O–H groups in total. The molecule has 0 bridgehead atoms. The molecule has 14 heavy (non-hydrogen) atoms. The molecule has 5 heteroatoms. The van der Waals surface area contributed by atoms with Gasteiger partial charge in [0.25, 0.3) is 0 Å². The summed E-state index contributed by atoms with van der Waals surface area (Å²) in [5.41, 5.74) is 4.16. The lowest BCUT2D eigenvalue weighted by Crippen LogP contribution is -2.54. The summed E-state index contributed by atoms with van der Waals surface area (Å²) < 4.78 is 0. The monoisotopic (exact) mass is 200 g/mol. The molecule has 1 amide bonds. The van der Waals surface area contributed by atoms with Gasteiger partial charge in [0.05, 0.1) is 6.04 Å². The van der Waals surface area contributed by atoms with Crippen LogP contribution >= 0.6 is 0 Å². The minimum Gasteiger partial charge on any atom is -0.480 e. The van der Waals surface area contributed by atoms with Gasteiger partial charge in [-0.05, 0) is 20.3 Å². The molecule has 80 valence electrons. The molecule has 1 unspecified atom stereocenters. The van der Waals surface area contributed by atoms with Crippen molar-refractivity contribution in [3.05, 3.63) is 12.7 Å². The first-order valence-corrected chi connectivity index (χ1v) is 4.23. The average molecular weight is 200 g/mol. The van der Waals surface area contributed by atoms with E-state index < -0.39 is 23.5 Å². The zero-order chi connectivity index (χ0) is 11.4. The summed E-state index contributed by atoms with van der Waals surface area (Å²) in [5, 5.41) is 11.1. The molecule has 0 rings (SSSR count). The van der Waals surface area contributed by atoms with Crippen molar-refractivity contribution >= 4 is 11.9 Å². The fourth-order valence-corrected chi connectivity index (χ4v) is 0.741. The van der Waals surface area contributed by atoms with Gasteiger partial charge in [0.1, 0.15) is 5.54 Å².